The van der Waals surface area contributed by atoms with Crippen LogP contribution < -0.4 is 15.4 Å². The van der Waals surface area contributed by atoms with E-state index < -0.39 is 27.3 Å². The zero-order valence-corrected chi connectivity index (χ0v) is 18.1. The topological polar surface area (TPSA) is 151 Å². The molecule has 0 aliphatic heterocycles. The smallest absolute Gasteiger partial charge is 0.325 e. The van der Waals surface area contributed by atoms with E-state index in [9.17, 15) is 22.8 Å². The Balaban J connectivity index is 1.91. The van der Waals surface area contributed by atoms with Crippen LogP contribution in [0, 0.1) is 0 Å². The van der Waals surface area contributed by atoms with Gasteiger partial charge in [0.25, 0.3) is 5.91 Å². The minimum atomic E-state index is -3.96. The fraction of sp³-hybridized carbons (Fsp3) is 0.100. The molecule has 0 aliphatic rings. The Labute approximate surface area is 184 Å². The Morgan fingerprint density at radius 3 is 2.69 bits per heavy atom. The first-order chi connectivity index (χ1) is 15.2. The summed E-state index contributed by atoms with van der Waals surface area (Å²) in [6.45, 7) is -0.288. The van der Waals surface area contributed by atoms with Gasteiger partial charge in [-0.2, -0.15) is 4.99 Å². The molecule has 2 heterocycles. The standard InChI is InChI=1S/C20H15N3O7S2/c1-29-17(24)9-23-14-7-6-11(32(21,27)28)8-16(14)31-20(23)22-19(26)13-10-30-15-5-3-2-4-12(15)18(13)25/h2-8,10H,9H2,1H3,(H2,21,27,28). The number of nitrogens with zero attached hydrogens (tertiary/aromatic N) is 2. The van der Waals surface area contributed by atoms with E-state index in [1.807, 2.05) is 0 Å². The van der Waals surface area contributed by atoms with E-state index in [2.05, 4.69) is 4.99 Å². The molecule has 0 saturated carbocycles. The maximum absolute atomic E-state index is 12.8. The van der Waals surface area contributed by atoms with E-state index in [-0.39, 0.29) is 27.2 Å². The van der Waals surface area contributed by atoms with E-state index in [0.29, 0.717) is 15.8 Å². The number of benzene rings is 2. The molecule has 0 saturated heterocycles. The lowest BCUT2D eigenvalue weighted by atomic mass is 10.2. The largest absolute Gasteiger partial charge is 0.468 e. The normalized spacial score (nSPS) is 12.4. The molecule has 0 atom stereocenters. The van der Waals surface area contributed by atoms with Crippen molar-refractivity contribution in [2.45, 2.75) is 11.4 Å². The van der Waals surface area contributed by atoms with Crippen LogP contribution in [0.2, 0.25) is 0 Å². The summed E-state index contributed by atoms with van der Waals surface area (Å²) < 4.78 is 35.2. The lowest BCUT2D eigenvalue weighted by Crippen LogP contribution is -2.23. The Hall–Kier alpha value is -3.61. The summed E-state index contributed by atoms with van der Waals surface area (Å²) in [6, 6.07) is 10.5. The summed E-state index contributed by atoms with van der Waals surface area (Å²) in [4.78, 5) is 41.4. The van der Waals surface area contributed by atoms with Crippen LogP contribution in [0.3, 0.4) is 0 Å². The highest BCUT2D eigenvalue weighted by atomic mass is 32.2. The summed E-state index contributed by atoms with van der Waals surface area (Å²) >= 11 is 0.954. The first-order valence-electron chi connectivity index (χ1n) is 9.01. The number of rotatable bonds is 4. The highest BCUT2D eigenvalue weighted by molar-refractivity contribution is 7.89. The fourth-order valence-corrected chi connectivity index (χ4v) is 4.72. The molecular formula is C20H15N3O7S2. The van der Waals surface area contributed by atoms with E-state index in [1.54, 1.807) is 18.2 Å². The number of hydrogen-bond donors (Lipinski definition) is 1. The molecule has 32 heavy (non-hydrogen) atoms. The van der Waals surface area contributed by atoms with Crippen molar-refractivity contribution in [2.24, 2.45) is 10.1 Å². The number of ether oxygens (including phenoxy) is 1. The lowest BCUT2D eigenvalue weighted by molar-refractivity contribution is -0.141. The molecular weight excluding hydrogens is 458 g/mol. The van der Waals surface area contributed by atoms with E-state index in [0.717, 1.165) is 17.6 Å². The van der Waals surface area contributed by atoms with Gasteiger partial charge in [0.2, 0.25) is 15.5 Å². The number of para-hydroxylation sites is 1. The number of fused-ring (bicyclic) bond motifs is 2. The van der Waals surface area contributed by atoms with Gasteiger partial charge in [0, 0.05) is 0 Å². The minimum Gasteiger partial charge on any atom is -0.468 e. The highest BCUT2D eigenvalue weighted by Crippen LogP contribution is 2.21. The van der Waals surface area contributed by atoms with Gasteiger partial charge < -0.3 is 13.7 Å². The van der Waals surface area contributed by atoms with Crippen LogP contribution >= 0.6 is 11.3 Å². The fourth-order valence-electron chi connectivity index (χ4n) is 3.03. The van der Waals surface area contributed by atoms with Crippen molar-refractivity contribution in [3.63, 3.8) is 0 Å². The van der Waals surface area contributed by atoms with Crippen molar-refractivity contribution in [1.29, 1.82) is 0 Å². The number of carbonyl (C=O) groups excluding carboxylic acids is 2. The van der Waals surface area contributed by atoms with Crippen LogP contribution in [0.15, 0.2) is 67.8 Å². The summed E-state index contributed by atoms with van der Waals surface area (Å²) in [5, 5.41) is 5.41. The second-order valence-electron chi connectivity index (χ2n) is 6.61. The predicted molar refractivity (Wildman–Crippen MR) is 116 cm³/mol. The lowest BCUT2D eigenvalue weighted by Gasteiger charge is -2.04. The summed E-state index contributed by atoms with van der Waals surface area (Å²) in [5.41, 5.74) is -0.0640. The maximum atomic E-state index is 12.8. The third-order valence-corrected chi connectivity index (χ3v) is 6.56. The third kappa shape index (κ3) is 3.98. The molecule has 0 unspecified atom stereocenters. The molecule has 10 nitrogen and oxygen atoms in total. The third-order valence-electron chi connectivity index (χ3n) is 4.61. The second kappa shape index (κ2) is 8.15. The van der Waals surface area contributed by atoms with Gasteiger partial charge in [0.05, 0.1) is 27.6 Å². The van der Waals surface area contributed by atoms with Crippen LogP contribution in [-0.4, -0.2) is 32.0 Å². The van der Waals surface area contributed by atoms with Crippen LogP contribution in [0.25, 0.3) is 21.2 Å². The predicted octanol–water partition coefficient (Wildman–Crippen LogP) is 1.37. The minimum absolute atomic E-state index is 0.0644. The van der Waals surface area contributed by atoms with Gasteiger partial charge in [-0.3, -0.25) is 14.4 Å². The van der Waals surface area contributed by atoms with E-state index in [1.165, 1.54) is 35.9 Å². The average Bonchev–Trinajstić information content (AvgIpc) is 3.09. The van der Waals surface area contributed by atoms with Crippen molar-refractivity contribution in [2.75, 3.05) is 7.11 Å². The summed E-state index contributed by atoms with van der Waals surface area (Å²) in [7, 11) is -2.76. The molecule has 0 aliphatic carbocycles. The van der Waals surface area contributed by atoms with Gasteiger partial charge in [0.15, 0.2) is 4.80 Å². The number of thiazole rings is 1. The number of primary sulfonamides is 1. The first-order valence-corrected chi connectivity index (χ1v) is 11.4. The molecule has 0 fully saturated rings. The Kier molecular flexibility index (Phi) is 5.50. The molecule has 0 spiro atoms. The second-order valence-corrected chi connectivity index (χ2v) is 9.18. The van der Waals surface area contributed by atoms with Gasteiger partial charge in [0.1, 0.15) is 24.0 Å². The molecule has 2 aromatic heterocycles. The number of esters is 1. The van der Waals surface area contributed by atoms with Crippen LogP contribution in [0.5, 0.6) is 0 Å². The number of aromatic nitrogens is 1. The van der Waals surface area contributed by atoms with Gasteiger partial charge in [-0.1, -0.05) is 23.5 Å². The molecule has 0 bridgehead atoms. The highest BCUT2D eigenvalue weighted by Gasteiger charge is 2.17. The van der Waals surface area contributed by atoms with Gasteiger partial charge in [-0.25, -0.2) is 13.6 Å². The first kappa shape index (κ1) is 21.6. The maximum Gasteiger partial charge on any atom is 0.325 e. The quantitative estimate of drug-likeness (QED) is 0.440. The number of amides is 1. The molecule has 0 radical (unpaired) electrons. The molecule has 4 rings (SSSR count). The number of methoxy groups -OCH3 is 1. The summed E-state index contributed by atoms with van der Waals surface area (Å²) in [5.74, 6) is -1.49. The Morgan fingerprint density at radius 2 is 1.97 bits per heavy atom. The van der Waals surface area contributed by atoms with Crippen LogP contribution in [0.1, 0.15) is 10.4 Å². The van der Waals surface area contributed by atoms with Crippen molar-refractivity contribution in [3.05, 3.63) is 69.3 Å². The molecule has 1 amide bonds. The monoisotopic (exact) mass is 473 g/mol. The summed E-state index contributed by atoms with van der Waals surface area (Å²) in [6.07, 6.45) is 1.04. The van der Waals surface area contributed by atoms with Gasteiger partial charge >= 0.3 is 5.97 Å². The van der Waals surface area contributed by atoms with Gasteiger partial charge in [-0.05, 0) is 30.3 Å². The van der Waals surface area contributed by atoms with Gasteiger partial charge in [-0.15, -0.1) is 0 Å². The van der Waals surface area contributed by atoms with E-state index >= 15 is 0 Å². The zero-order valence-electron chi connectivity index (χ0n) is 16.5. The molecule has 164 valence electrons. The number of sulfonamides is 1. The molecule has 4 aromatic rings. The van der Waals surface area contributed by atoms with Crippen LogP contribution in [0.4, 0.5) is 0 Å². The van der Waals surface area contributed by atoms with Crippen LogP contribution in [-0.2, 0) is 26.1 Å². The molecule has 2 aromatic carbocycles. The molecule has 2 N–H and O–H groups in total. The number of nitrogens with two attached hydrogens (primary N) is 1. The Morgan fingerprint density at radius 1 is 1.22 bits per heavy atom. The van der Waals surface area contributed by atoms with Crippen molar-refractivity contribution in [1.82, 2.24) is 4.57 Å². The molecule has 12 heteroatoms. The Bertz CT molecular complexity index is 1630. The average molecular weight is 473 g/mol. The van der Waals surface area contributed by atoms with Crippen molar-refractivity contribution in [3.8, 4) is 0 Å². The number of hydrogen-bond acceptors (Lipinski definition) is 8. The van der Waals surface area contributed by atoms with E-state index in [4.69, 9.17) is 14.3 Å². The SMILES string of the molecule is COC(=O)Cn1c(=NC(=O)c2coc3ccccc3c2=O)sc2cc(S(N)(=O)=O)ccc21. The van der Waals surface area contributed by atoms with Crippen molar-refractivity contribution < 1.29 is 27.2 Å². The van der Waals surface area contributed by atoms with Crippen molar-refractivity contribution >= 4 is 54.4 Å². The zero-order chi connectivity index (χ0) is 23.0. The number of carbonyl (C=O) groups is 2.